The van der Waals surface area contributed by atoms with Crippen molar-refractivity contribution in [2.45, 2.75) is 32.9 Å². The Morgan fingerprint density at radius 3 is 2.60 bits per heavy atom. The number of morpholine rings is 1. The summed E-state index contributed by atoms with van der Waals surface area (Å²) in [6, 6.07) is 4.57. The van der Waals surface area contributed by atoms with Crippen LogP contribution in [0.1, 0.15) is 29.9 Å². The molecule has 5 aromatic heterocycles. The number of fused-ring (bicyclic) bond motifs is 3. The maximum Gasteiger partial charge on any atom is 0.252 e. The van der Waals surface area contributed by atoms with Crippen LogP contribution >= 0.6 is 0 Å². The number of amides is 1. The molecule has 2 atom stereocenters. The summed E-state index contributed by atoms with van der Waals surface area (Å²) in [5, 5.41) is 21.0. The average molecular weight is 543 g/mol. The second kappa shape index (κ2) is 10.4. The highest BCUT2D eigenvalue weighted by Gasteiger charge is 2.25. The molecule has 0 aromatic carbocycles. The molecule has 40 heavy (non-hydrogen) atoms. The molecular weight excluding hydrogens is 508 g/mol. The van der Waals surface area contributed by atoms with Crippen LogP contribution in [0.25, 0.3) is 27.5 Å². The van der Waals surface area contributed by atoms with Gasteiger partial charge in [0.25, 0.3) is 5.91 Å². The lowest BCUT2D eigenvalue weighted by molar-refractivity contribution is -0.0355. The number of hydrogen-bond acceptors (Lipinski definition) is 8. The van der Waals surface area contributed by atoms with E-state index in [0.29, 0.717) is 43.2 Å². The van der Waals surface area contributed by atoms with Crippen LogP contribution in [0.15, 0.2) is 43.1 Å². The summed E-state index contributed by atoms with van der Waals surface area (Å²) < 4.78 is 11.1. The number of aryl methyl sites for hydroxylation is 3. The predicted octanol–water partition coefficient (Wildman–Crippen LogP) is 2.91. The van der Waals surface area contributed by atoms with Crippen LogP contribution in [0, 0.1) is 6.92 Å². The molecule has 0 aliphatic carbocycles. The van der Waals surface area contributed by atoms with Crippen molar-refractivity contribution < 1.29 is 9.53 Å². The minimum absolute atomic E-state index is 0.158. The number of nitrogens with one attached hydrogen (secondary N) is 2. The first-order valence-corrected chi connectivity index (χ1v) is 13.5. The summed E-state index contributed by atoms with van der Waals surface area (Å²) in [6.45, 7) is 8.96. The van der Waals surface area contributed by atoms with Gasteiger partial charge in [0.05, 0.1) is 59.0 Å². The van der Waals surface area contributed by atoms with E-state index in [0.717, 1.165) is 45.5 Å². The van der Waals surface area contributed by atoms with Crippen LogP contribution in [-0.2, 0) is 18.8 Å². The van der Waals surface area contributed by atoms with Crippen molar-refractivity contribution >= 4 is 33.8 Å². The summed E-state index contributed by atoms with van der Waals surface area (Å²) in [7, 11) is 3.81. The van der Waals surface area contributed by atoms with Crippen LogP contribution in [0.5, 0.6) is 0 Å². The van der Waals surface area contributed by atoms with Crippen LogP contribution in [0.3, 0.4) is 0 Å². The van der Waals surface area contributed by atoms with E-state index >= 15 is 0 Å². The third kappa shape index (κ3) is 4.80. The molecule has 2 N–H and O–H groups in total. The number of carbonyl (C=O) groups excluding carboxylic acids is 1. The second-order valence-corrected chi connectivity index (χ2v) is 10.6. The van der Waals surface area contributed by atoms with Gasteiger partial charge in [-0.05, 0) is 32.9 Å². The first kappa shape index (κ1) is 26.0. The van der Waals surface area contributed by atoms with Gasteiger partial charge in [0, 0.05) is 69.0 Å². The lowest BCUT2D eigenvalue weighted by atomic mass is 10.1. The first-order valence-electron chi connectivity index (χ1n) is 13.5. The van der Waals surface area contributed by atoms with Gasteiger partial charge < -0.3 is 15.4 Å². The van der Waals surface area contributed by atoms with E-state index in [2.05, 4.69) is 50.6 Å². The fourth-order valence-corrected chi connectivity index (χ4v) is 5.42. The molecule has 5 aromatic rings. The van der Waals surface area contributed by atoms with Gasteiger partial charge in [-0.3, -0.25) is 24.0 Å². The molecule has 208 valence electrons. The van der Waals surface area contributed by atoms with Crippen LogP contribution < -0.4 is 10.6 Å². The van der Waals surface area contributed by atoms with Crippen molar-refractivity contribution in [3.05, 3.63) is 54.4 Å². The third-order valence-corrected chi connectivity index (χ3v) is 7.58. The number of nitrogens with zero attached hydrogens (tertiary/aromatic N) is 8. The molecule has 0 saturated carbocycles. The van der Waals surface area contributed by atoms with Gasteiger partial charge in [-0.1, -0.05) is 0 Å². The largest absolute Gasteiger partial charge is 0.378 e. The lowest BCUT2D eigenvalue weighted by Crippen LogP contribution is -2.51. The number of carbonyl (C=O) groups is 1. The first-order chi connectivity index (χ1) is 19.3. The zero-order valence-electron chi connectivity index (χ0n) is 23.4. The molecule has 0 radical (unpaired) electrons. The Labute approximate surface area is 231 Å². The SMILES string of the molecule is Cc1ncc(C(=O)NCCN2[C@H](C)COC[C@H]2C)cc1Nc1nn(C)c2c1cnn1cc(-c3cnn(C)c3)cc21. The number of aromatic nitrogens is 7. The average Bonchev–Trinajstić information content (AvgIpc) is 3.63. The van der Waals surface area contributed by atoms with E-state index < -0.39 is 0 Å². The topological polar surface area (TPSA) is 119 Å². The summed E-state index contributed by atoms with van der Waals surface area (Å²) >= 11 is 0. The Kier molecular flexibility index (Phi) is 6.72. The number of pyridine rings is 1. The minimum atomic E-state index is -0.158. The Hall–Kier alpha value is -4.29. The van der Waals surface area contributed by atoms with Crippen molar-refractivity contribution in [2.75, 3.05) is 31.6 Å². The molecule has 0 bridgehead atoms. The van der Waals surface area contributed by atoms with Crippen LogP contribution in [0.2, 0.25) is 0 Å². The molecule has 1 amide bonds. The fraction of sp³-hybridized carbons (Fsp3) is 0.393. The van der Waals surface area contributed by atoms with Crippen molar-refractivity contribution in [2.24, 2.45) is 14.1 Å². The van der Waals surface area contributed by atoms with Crippen LogP contribution in [-0.4, -0.2) is 83.4 Å². The monoisotopic (exact) mass is 542 g/mol. The highest BCUT2D eigenvalue weighted by Crippen LogP contribution is 2.31. The van der Waals surface area contributed by atoms with Gasteiger partial charge in [0.15, 0.2) is 5.82 Å². The van der Waals surface area contributed by atoms with Crippen molar-refractivity contribution in [3.8, 4) is 11.1 Å². The molecular formula is C28H34N10O2. The zero-order valence-corrected chi connectivity index (χ0v) is 23.4. The highest BCUT2D eigenvalue weighted by molar-refractivity contribution is 6.01. The fourth-order valence-electron chi connectivity index (χ4n) is 5.42. The van der Waals surface area contributed by atoms with E-state index in [1.54, 1.807) is 17.1 Å². The Bertz CT molecular complexity index is 1690. The molecule has 6 heterocycles. The summed E-state index contributed by atoms with van der Waals surface area (Å²) in [5.74, 6) is 0.490. The molecule has 1 fully saturated rings. The van der Waals surface area contributed by atoms with Gasteiger partial charge in [0.1, 0.15) is 0 Å². The molecule has 1 aliphatic heterocycles. The van der Waals surface area contributed by atoms with Gasteiger partial charge >= 0.3 is 0 Å². The zero-order chi connectivity index (χ0) is 28.0. The van der Waals surface area contributed by atoms with E-state index in [1.165, 1.54) is 0 Å². The van der Waals surface area contributed by atoms with Crippen LogP contribution in [0.4, 0.5) is 11.5 Å². The second-order valence-electron chi connectivity index (χ2n) is 10.6. The summed E-state index contributed by atoms with van der Waals surface area (Å²) in [4.78, 5) is 19.8. The van der Waals surface area contributed by atoms with E-state index in [1.807, 2.05) is 54.9 Å². The highest BCUT2D eigenvalue weighted by atomic mass is 16.5. The molecule has 6 rings (SSSR count). The van der Waals surface area contributed by atoms with Crippen molar-refractivity contribution in [1.29, 1.82) is 0 Å². The predicted molar refractivity (Wildman–Crippen MR) is 153 cm³/mol. The molecule has 0 unspecified atom stereocenters. The summed E-state index contributed by atoms with van der Waals surface area (Å²) in [5.41, 5.74) is 5.90. The quantitative estimate of drug-likeness (QED) is 0.322. The van der Waals surface area contributed by atoms with Gasteiger partial charge in [-0.25, -0.2) is 4.52 Å². The summed E-state index contributed by atoms with van der Waals surface area (Å²) in [6.07, 6.45) is 9.22. The van der Waals surface area contributed by atoms with Crippen molar-refractivity contribution in [1.82, 2.24) is 44.4 Å². The smallest absolute Gasteiger partial charge is 0.252 e. The van der Waals surface area contributed by atoms with E-state index in [9.17, 15) is 4.79 Å². The molecule has 12 heteroatoms. The molecule has 1 saturated heterocycles. The van der Waals surface area contributed by atoms with E-state index in [4.69, 9.17) is 9.84 Å². The third-order valence-electron chi connectivity index (χ3n) is 7.58. The number of rotatable bonds is 7. The van der Waals surface area contributed by atoms with Gasteiger partial charge in [0.2, 0.25) is 0 Å². The maximum absolute atomic E-state index is 13.0. The standard InChI is InChI=1S/C28H34N10O2/c1-17-15-40-16-18(2)37(17)7-6-29-28(39)20-8-24(19(3)30-10-20)33-27-23-12-32-38-14-21(22-11-31-35(4)13-22)9-25(38)26(23)36(5)34-27/h8-14,17-18H,6-7,15-16H2,1-5H3,(H,29,39)(H,33,34)/t17-,18-/m1/s1. The Balaban J connectivity index is 1.22. The maximum atomic E-state index is 13.0. The number of anilines is 2. The minimum Gasteiger partial charge on any atom is -0.378 e. The van der Waals surface area contributed by atoms with Gasteiger partial charge in [-0.2, -0.15) is 15.3 Å². The van der Waals surface area contributed by atoms with E-state index in [-0.39, 0.29) is 5.91 Å². The number of hydrogen-bond donors (Lipinski definition) is 2. The van der Waals surface area contributed by atoms with Gasteiger partial charge in [-0.15, -0.1) is 0 Å². The molecule has 1 aliphatic rings. The Morgan fingerprint density at radius 1 is 1.05 bits per heavy atom. The van der Waals surface area contributed by atoms with Crippen molar-refractivity contribution in [3.63, 3.8) is 0 Å². The lowest BCUT2D eigenvalue weighted by Gasteiger charge is -2.38. The Morgan fingerprint density at radius 2 is 1.85 bits per heavy atom. The molecule has 12 nitrogen and oxygen atoms in total. The normalized spacial score (nSPS) is 18.0. The molecule has 0 spiro atoms. The number of ether oxygens (including phenoxy) is 1.